The van der Waals surface area contributed by atoms with Crippen molar-refractivity contribution in [2.75, 3.05) is 38.1 Å². The second-order valence-corrected chi connectivity index (χ2v) is 8.56. The van der Waals surface area contributed by atoms with Crippen LogP contribution in [0.1, 0.15) is 28.8 Å². The number of carbonyl (C=O) groups is 2. The number of nitrogens with two attached hydrogens (primary N) is 1. The van der Waals surface area contributed by atoms with Gasteiger partial charge in [-0.2, -0.15) is 9.89 Å². The van der Waals surface area contributed by atoms with E-state index in [-0.39, 0.29) is 23.5 Å². The zero-order valence-electron chi connectivity index (χ0n) is 19.5. The maximum Gasteiger partial charge on any atom is 0.252 e. The molecule has 35 heavy (non-hydrogen) atoms. The molecule has 4 N–H and O–H groups in total. The third-order valence-electron chi connectivity index (χ3n) is 6.03. The molecule has 1 saturated heterocycles. The number of amides is 2. The van der Waals surface area contributed by atoms with Crippen molar-refractivity contribution >= 4 is 11.8 Å². The highest BCUT2D eigenvalue weighted by Gasteiger charge is 2.31. The minimum atomic E-state index is -0.257. The van der Waals surface area contributed by atoms with Gasteiger partial charge in [-0.3, -0.25) is 14.6 Å². The zero-order chi connectivity index (χ0) is 24.6. The third kappa shape index (κ3) is 6.42. The van der Waals surface area contributed by atoms with Crippen molar-refractivity contribution in [2.24, 2.45) is 11.7 Å². The van der Waals surface area contributed by atoms with Gasteiger partial charge in [0.25, 0.3) is 5.91 Å². The van der Waals surface area contributed by atoms with Crippen molar-refractivity contribution in [3.63, 3.8) is 0 Å². The molecule has 1 aliphatic heterocycles. The molecule has 2 aromatic heterocycles. The molecule has 10 heteroatoms. The number of likely N-dealkylation sites (tertiary alicyclic amines) is 1. The Morgan fingerprint density at radius 1 is 1.23 bits per heavy atom. The summed E-state index contributed by atoms with van der Waals surface area (Å²) < 4.78 is 13.3. The molecule has 0 spiro atoms. The number of nitrogens with zero attached hydrogens (tertiary/aromatic N) is 4. The first kappa shape index (κ1) is 24.3. The van der Waals surface area contributed by atoms with Crippen molar-refractivity contribution in [2.45, 2.75) is 19.3 Å². The van der Waals surface area contributed by atoms with Crippen LogP contribution in [0.2, 0.25) is 0 Å². The Bertz CT molecular complexity index is 1150. The summed E-state index contributed by atoms with van der Waals surface area (Å²) in [6, 6.07) is 9.98. The smallest absolute Gasteiger partial charge is 0.252 e. The molecule has 3 aromatic rings. The van der Waals surface area contributed by atoms with E-state index in [2.05, 4.69) is 20.8 Å². The highest BCUT2D eigenvalue weighted by Crippen LogP contribution is 2.18. The highest BCUT2D eigenvalue weighted by atomic mass is 19.1. The van der Waals surface area contributed by atoms with Crippen LogP contribution in [-0.2, 0) is 11.2 Å². The van der Waals surface area contributed by atoms with Gasteiger partial charge in [0, 0.05) is 37.9 Å². The third-order valence-corrected chi connectivity index (χ3v) is 6.03. The maximum atomic E-state index is 13.3. The Balaban J connectivity index is 1.25. The summed E-state index contributed by atoms with van der Waals surface area (Å²) in [6.07, 6.45) is 7.18. The molecule has 0 aliphatic carbocycles. The van der Waals surface area contributed by atoms with E-state index in [1.54, 1.807) is 35.4 Å². The van der Waals surface area contributed by atoms with Crippen molar-refractivity contribution in [1.29, 1.82) is 0 Å². The van der Waals surface area contributed by atoms with Crippen LogP contribution in [-0.4, -0.2) is 64.3 Å². The fraction of sp³-hybridized carbons (Fsp3) is 0.360. The van der Waals surface area contributed by atoms with E-state index in [1.807, 2.05) is 11.0 Å². The number of halogens is 1. The van der Waals surface area contributed by atoms with E-state index in [1.165, 1.54) is 18.3 Å². The second kappa shape index (κ2) is 11.6. The van der Waals surface area contributed by atoms with Gasteiger partial charge in [0.1, 0.15) is 5.82 Å². The number of hydrogen-bond acceptors (Lipinski definition) is 6. The molecule has 184 valence electrons. The molecule has 9 nitrogen and oxygen atoms in total. The summed E-state index contributed by atoms with van der Waals surface area (Å²) in [7, 11) is 0. The van der Waals surface area contributed by atoms with Crippen LogP contribution in [0.25, 0.3) is 11.3 Å². The normalized spacial score (nSPS) is 15.4. The molecule has 0 saturated carbocycles. The first-order valence-corrected chi connectivity index (χ1v) is 11.8. The van der Waals surface area contributed by atoms with Gasteiger partial charge >= 0.3 is 0 Å². The molecule has 2 amide bonds. The van der Waals surface area contributed by atoms with Gasteiger partial charge in [-0.1, -0.05) is 12.1 Å². The number of pyridine rings is 1. The molecular formula is C25H30FN7O2. The fourth-order valence-electron chi connectivity index (χ4n) is 4.06. The molecule has 0 bridgehead atoms. The molecule has 1 unspecified atom stereocenters. The van der Waals surface area contributed by atoms with E-state index in [4.69, 9.17) is 5.73 Å². The molecule has 3 heterocycles. The van der Waals surface area contributed by atoms with Gasteiger partial charge in [-0.05, 0) is 55.6 Å². The van der Waals surface area contributed by atoms with Gasteiger partial charge in [-0.15, -0.1) is 0 Å². The summed E-state index contributed by atoms with van der Waals surface area (Å²) in [5.74, 6) is -0.618. The van der Waals surface area contributed by atoms with Crippen LogP contribution < -0.4 is 16.5 Å². The Morgan fingerprint density at radius 2 is 2.11 bits per heavy atom. The van der Waals surface area contributed by atoms with Crippen molar-refractivity contribution in [3.05, 3.63) is 71.9 Å². The topological polar surface area (TPSA) is 118 Å². The molecule has 1 atom stereocenters. The lowest BCUT2D eigenvalue weighted by Crippen LogP contribution is -2.35. The lowest BCUT2D eigenvalue weighted by atomic mass is 10.1. The highest BCUT2D eigenvalue weighted by molar-refractivity contribution is 5.94. The SMILES string of the molecule is NCCCN1CCC(CNC(=O)c2ccc(-c3cnn(NCCc4cccc(F)c4)c3)nc2)C1=O. The van der Waals surface area contributed by atoms with E-state index in [0.717, 1.165) is 24.0 Å². The summed E-state index contributed by atoms with van der Waals surface area (Å²) in [5.41, 5.74) is 11.5. The minimum absolute atomic E-state index is 0.0776. The van der Waals surface area contributed by atoms with E-state index in [0.29, 0.717) is 50.4 Å². The Kier molecular flexibility index (Phi) is 8.04. The van der Waals surface area contributed by atoms with E-state index in [9.17, 15) is 14.0 Å². The Labute approximate surface area is 203 Å². The summed E-state index contributed by atoms with van der Waals surface area (Å²) in [5, 5.41) is 7.12. The average molecular weight is 480 g/mol. The molecule has 4 rings (SSSR count). The quantitative estimate of drug-likeness (QED) is 0.386. The number of aromatic nitrogens is 3. The fourth-order valence-corrected chi connectivity index (χ4v) is 4.06. The largest absolute Gasteiger partial charge is 0.351 e. The first-order chi connectivity index (χ1) is 17.0. The second-order valence-electron chi connectivity index (χ2n) is 8.56. The van der Waals surface area contributed by atoms with Gasteiger partial charge < -0.3 is 21.4 Å². The van der Waals surface area contributed by atoms with Crippen LogP contribution >= 0.6 is 0 Å². The molecule has 0 radical (unpaired) electrons. The lowest BCUT2D eigenvalue weighted by molar-refractivity contribution is -0.130. The lowest BCUT2D eigenvalue weighted by Gasteiger charge is -2.16. The monoisotopic (exact) mass is 479 g/mol. The Hall–Kier alpha value is -3.79. The van der Waals surface area contributed by atoms with Crippen LogP contribution in [0.4, 0.5) is 4.39 Å². The standard InChI is InChI=1S/C25H30FN7O2/c26-22-4-1-3-18(13-22)7-10-30-33-17-21(16-31-33)23-6-5-19(14-28-23)24(34)29-15-20-8-12-32(25(20)35)11-2-9-27/h1,3-6,13-14,16-17,20,30H,2,7-12,15,27H2,(H,29,34). The van der Waals surface area contributed by atoms with E-state index >= 15 is 0 Å². The summed E-state index contributed by atoms with van der Waals surface area (Å²) >= 11 is 0. The predicted octanol–water partition coefficient (Wildman–Crippen LogP) is 1.80. The van der Waals surface area contributed by atoms with Crippen molar-refractivity contribution in [1.82, 2.24) is 25.1 Å². The zero-order valence-corrected chi connectivity index (χ0v) is 19.5. The van der Waals surface area contributed by atoms with Crippen LogP contribution in [0.15, 0.2) is 55.0 Å². The molecule has 1 fully saturated rings. The van der Waals surface area contributed by atoms with Crippen LogP contribution in [0.5, 0.6) is 0 Å². The number of carbonyl (C=O) groups excluding carboxylic acids is 2. The van der Waals surface area contributed by atoms with Gasteiger partial charge in [0.2, 0.25) is 5.91 Å². The first-order valence-electron chi connectivity index (χ1n) is 11.8. The van der Waals surface area contributed by atoms with Crippen LogP contribution in [0, 0.1) is 11.7 Å². The predicted molar refractivity (Wildman–Crippen MR) is 130 cm³/mol. The Morgan fingerprint density at radius 3 is 2.89 bits per heavy atom. The number of hydrogen-bond donors (Lipinski definition) is 3. The van der Waals surface area contributed by atoms with Gasteiger partial charge in [0.05, 0.1) is 29.6 Å². The van der Waals surface area contributed by atoms with Gasteiger partial charge in [0.15, 0.2) is 0 Å². The number of nitrogens with one attached hydrogen (secondary N) is 2. The minimum Gasteiger partial charge on any atom is -0.351 e. The summed E-state index contributed by atoms with van der Waals surface area (Å²) in [6.45, 7) is 2.84. The van der Waals surface area contributed by atoms with Crippen molar-refractivity contribution < 1.29 is 14.0 Å². The maximum absolute atomic E-state index is 13.3. The summed E-state index contributed by atoms with van der Waals surface area (Å²) in [4.78, 5) is 32.7. The molecule has 1 aromatic carbocycles. The van der Waals surface area contributed by atoms with Gasteiger partial charge in [-0.25, -0.2) is 4.39 Å². The number of rotatable bonds is 11. The van der Waals surface area contributed by atoms with E-state index < -0.39 is 0 Å². The molecule has 1 aliphatic rings. The molecular weight excluding hydrogens is 449 g/mol. The average Bonchev–Trinajstić information content (AvgIpc) is 3.48. The van der Waals surface area contributed by atoms with Crippen molar-refractivity contribution in [3.8, 4) is 11.3 Å². The van der Waals surface area contributed by atoms with Crippen LogP contribution in [0.3, 0.4) is 0 Å². The number of benzene rings is 1.